The summed E-state index contributed by atoms with van der Waals surface area (Å²) in [4.78, 5) is 4.17. The molecule has 0 heterocycles. The van der Waals surface area contributed by atoms with E-state index in [2.05, 4.69) is 23.8 Å². The molecular formula is C11H20N2. The SMILES string of the molecule is C=C(/N=C\C(C)=C/C)NCCCC. The Morgan fingerprint density at radius 3 is 2.77 bits per heavy atom. The van der Waals surface area contributed by atoms with Gasteiger partial charge in [0.25, 0.3) is 0 Å². The highest BCUT2D eigenvalue weighted by Crippen LogP contribution is 1.92. The number of unbranched alkanes of at least 4 members (excludes halogenated alkanes) is 1. The van der Waals surface area contributed by atoms with Gasteiger partial charge in [0.1, 0.15) is 5.82 Å². The van der Waals surface area contributed by atoms with Crippen molar-refractivity contribution in [1.29, 1.82) is 0 Å². The van der Waals surface area contributed by atoms with Crippen LogP contribution in [0.3, 0.4) is 0 Å². The normalized spacial score (nSPS) is 12.1. The van der Waals surface area contributed by atoms with Crippen molar-refractivity contribution in [2.45, 2.75) is 33.6 Å². The number of allylic oxidation sites excluding steroid dienone is 2. The smallest absolute Gasteiger partial charge is 0.118 e. The minimum atomic E-state index is 0.745. The molecule has 0 fully saturated rings. The Labute approximate surface area is 81.5 Å². The van der Waals surface area contributed by atoms with Crippen LogP contribution >= 0.6 is 0 Å². The van der Waals surface area contributed by atoms with Crippen LogP contribution in [0.5, 0.6) is 0 Å². The first-order chi connectivity index (χ1) is 6.20. The molecule has 0 radical (unpaired) electrons. The minimum absolute atomic E-state index is 0.745. The fourth-order valence-corrected chi connectivity index (χ4v) is 0.709. The lowest BCUT2D eigenvalue weighted by Gasteiger charge is -2.02. The third-order valence-electron chi connectivity index (χ3n) is 1.74. The van der Waals surface area contributed by atoms with Crippen molar-refractivity contribution in [3.05, 3.63) is 24.0 Å². The number of hydrogen-bond donors (Lipinski definition) is 1. The van der Waals surface area contributed by atoms with Gasteiger partial charge in [-0.05, 0) is 25.8 Å². The van der Waals surface area contributed by atoms with E-state index in [0.717, 1.165) is 24.4 Å². The van der Waals surface area contributed by atoms with Crippen LogP contribution in [0.2, 0.25) is 0 Å². The predicted molar refractivity (Wildman–Crippen MR) is 60.0 cm³/mol. The van der Waals surface area contributed by atoms with Gasteiger partial charge in [-0.25, -0.2) is 4.99 Å². The maximum Gasteiger partial charge on any atom is 0.118 e. The van der Waals surface area contributed by atoms with Gasteiger partial charge >= 0.3 is 0 Å². The highest BCUT2D eigenvalue weighted by atomic mass is 15.0. The average Bonchev–Trinajstić information content (AvgIpc) is 2.14. The van der Waals surface area contributed by atoms with Crippen molar-refractivity contribution in [2.24, 2.45) is 4.99 Å². The summed E-state index contributed by atoms with van der Waals surface area (Å²) >= 11 is 0. The lowest BCUT2D eigenvalue weighted by atomic mass is 10.3. The molecule has 2 heteroatoms. The summed E-state index contributed by atoms with van der Waals surface area (Å²) in [5.74, 6) is 0.745. The van der Waals surface area contributed by atoms with E-state index in [1.807, 2.05) is 26.1 Å². The van der Waals surface area contributed by atoms with Crippen LogP contribution in [-0.4, -0.2) is 12.8 Å². The molecule has 0 aromatic heterocycles. The lowest BCUT2D eigenvalue weighted by molar-refractivity contribution is 0.708. The van der Waals surface area contributed by atoms with E-state index in [1.165, 1.54) is 6.42 Å². The summed E-state index contributed by atoms with van der Waals surface area (Å²) in [5, 5.41) is 3.14. The maximum atomic E-state index is 4.17. The molecule has 0 spiro atoms. The highest BCUT2D eigenvalue weighted by molar-refractivity contribution is 5.78. The first kappa shape index (κ1) is 11.9. The summed E-state index contributed by atoms with van der Waals surface area (Å²) in [6.45, 7) is 10.9. The zero-order chi connectivity index (χ0) is 10.1. The number of nitrogens with zero attached hydrogens (tertiary/aromatic N) is 1. The minimum Gasteiger partial charge on any atom is -0.371 e. The molecular weight excluding hydrogens is 160 g/mol. The topological polar surface area (TPSA) is 24.4 Å². The van der Waals surface area contributed by atoms with E-state index < -0.39 is 0 Å². The van der Waals surface area contributed by atoms with Gasteiger partial charge in [-0.3, -0.25) is 0 Å². The van der Waals surface area contributed by atoms with E-state index in [-0.39, 0.29) is 0 Å². The number of aliphatic imine (C=N–C) groups is 1. The van der Waals surface area contributed by atoms with Gasteiger partial charge < -0.3 is 5.32 Å². The summed E-state index contributed by atoms with van der Waals surface area (Å²) in [7, 11) is 0. The van der Waals surface area contributed by atoms with Crippen LogP contribution in [-0.2, 0) is 0 Å². The molecule has 13 heavy (non-hydrogen) atoms. The molecule has 1 N–H and O–H groups in total. The Morgan fingerprint density at radius 1 is 1.54 bits per heavy atom. The molecule has 0 unspecified atom stereocenters. The van der Waals surface area contributed by atoms with Crippen LogP contribution < -0.4 is 5.32 Å². The fourth-order valence-electron chi connectivity index (χ4n) is 0.709. The number of nitrogens with one attached hydrogen (secondary N) is 1. The van der Waals surface area contributed by atoms with Gasteiger partial charge in [-0.2, -0.15) is 0 Å². The second-order valence-electron chi connectivity index (χ2n) is 3.02. The Balaban J connectivity index is 3.68. The van der Waals surface area contributed by atoms with Crippen molar-refractivity contribution in [3.63, 3.8) is 0 Å². The standard InChI is InChI=1S/C11H20N2/c1-5-7-8-12-11(4)13-9-10(3)6-2/h6,9,12H,4-5,7-8H2,1-3H3/b10-6-,13-9-. The maximum absolute atomic E-state index is 4.17. The molecule has 0 saturated heterocycles. The van der Waals surface area contributed by atoms with Gasteiger partial charge in [-0.1, -0.05) is 26.0 Å². The van der Waals surface area contributed by atoms with Crippen LogP contribution in [0, 0.1) is 0 Å². The molecule has 0 aromatic carbocycles. The van der Waals surface area contributed by atoms with Gasteiger partial charge in [-0.15, -0.1) is 0 Å². The largest absolute Gasteiger partial charge is 0.371 e. The molecule has 0 aliphatic rings. The molecule has 0 saturated carbocycles. The molecule has 0 rings (SSSR count). The van der Waals surface area contributed by atoms with Crippen molar-refractivity contribution < 1.29 is 0 Å². The summed E-state index contributed by atoms with van der Waals surface area (Å²) in [6.07, 6.45) is 6.19. The zero-order valence-electron chi connectivity index (χ0n) is 8.93. The molecule has 74 valence electrons. The Kier molecular flexibility index (Phi) is 6.98. The van der Waals surface area contributed by atoms with Crippen molar-refractivity contribution in [1.82, 2.24) is 5.32 Å². The molecule has 0 aromatic rings. The van der Waals surface area contributed by atoms with Crippen molar-refractivity contribution in [2.75, 3.05) is 6.54 Å². The summed E-state index contributed by atoms with van der Waals surface area (Å²) < 4.78 is 0. The van der Waals surface area contributed by atoms with Crippen LogP contribution in [0.25, 0.3) is 0 Å². The van der Waals surface area contributed by atoms with E-state index in [4.69, 9.17) is 0 Å². The van der Waals surface area contributed by atoms with E-state index in [1.54, 1.807) is 0 Å². The van der Waals surface area contributed by atoms with Crippen LogP contribution in [0.4, 0.5) is 0 Å². The summed E-state index contributed by atoms with van der Waals surface area (Å²) in [5.41, 5.74) is 1.15. The van der Waals surface area contributed by atoms with Crippen LogP contribution in [0.15, 0.2) is 29.0 Å². The molecule has 0 atom stereocenters. The number of hydrogen-bond acceptors (Lipinski definition) is 2. The monoisotopic (exact) mass is 180 g/mol. The predicted octanol–water partition coefficient (Wildman–Crippen LogP) is 2.88. The molecule has 2 nitrogen and oxygen atoms in total. The molecule has 0 aliphatic carbocycles. The Bertz CT molecular complexity index is 202. The second-order valence-corrected chi connectivity index (χ2v) is 3.02. The first-order valence-electron chi connectivity index (χ1n) is 4.80. The third-order valence-corrected chi connectivity index (χ3v) is 1.74. The molecule has 0 bridgehead atoms. The first-order valence-corrected chi connectivity index (χ1v) is 4.80. The molecule has 0 aliphatic heterocycles. The van der Waals surface area contributed by atoms with Crippen LogP contribution in [0.1, 0.15) is 33.6 Å². The van der Waals surface area contributed by atoms with Crippen molar-refractivity contribution in [3.8, 4) is 0 Å². The Hall–Kier alpha value is -1.05. The second kappa shape index (κ2) is 7.59. The number of rotatable bonds is 6. The van der Waals surface area contributed by atoms with Gasteiger partial charge in [0, 0.05) is 12.8 Å². The zero-order valence-corrected chi connectivity index (χ0v) is 8.93. The average molecular weight is 180 g/mol. The van der Waals surface area contributed by atoms with E-state index in [0.29, 0.717) is 0 Å². The third kappa shape index (κ3) is 7.32. The molecule has 0 amide bonds. The summed E-state index contributed by atoms with van der Waals surface area (Å²) in [6, 6.07) is 0. The van der Waals surface area contributed by atoms with Crippen molar-refractivity contribution >= 4 is 6.21 Å². The van der Waals surface area contributed by atoms with E-state index in [9.17, 15) is 0 Å². The van der Waals surface area contributed by atoms with Gasteiger partial charge in [0.05, 0.1) is 0 Å². The highest BCUT2D eigenvalue weighted by Gasteiger charge is 1.87. The van der Waals surface area contributed by atoms with Gasteiger partial charge in [0.2, 0.25) is 0 Å². The lowest BCUT2D eigenvalue weighted by Crippen LogP contribution is -2.12. The Morgan fingerprint density at radius 2 is 2.23 bits per heavy atom. The fraction of sp³-hybridized carbons (Fsp3) is 0.545. The van der Waals surface area contributed by atoms with E-state index >= 15 is 0 Å². The van der Waals surface area contributed by atoms with Gasteiger partial charge in [0.15, 0.2) is 0 Å². The quantitative estimate of drug-likeness (QED) is 0.493.